The van der Waals surface area contributed by atoms with Crippen molar-refractivity contribution in [2.45, 2.75) is 29.6 Å². The summed E-state index contributed by atoms with van der Waals surface area (Å²) in [6, 6.07) is 9.00. The van der Waals surface area contributed by atoms with Gasteiger partial charge in [-0.25, -0.2) is 8.42 Å². The van der Waals surface area contributed by atoms with Crippen LogP contribution in [0.15, 0.2) is 46.3 Å². The second-order valence-corrected chi connectivity index (χ2v) is 9.76. The van der Waals surface area contributed by atoms with Crippen molar-refractivity contribution in [3.8, 4) is 0 Å². The standard InChI is InChI=1S/C19H25N3O3S2/c1-14-7-9-22(10-8-14)27(24,25)17-12-18(21(2)13-17)19(23)20-15-5-4-6-16(11-15)26-3/h4-6,11-14H,7-10H2,1-3H3,(H,20,23). The zero-order chi connectivity index (χ0) is 19.6. The van der Waals surface area contributed by atoms with Gasteiger partial charge in [-0.2, -0.15) is 4.31 Å². The Labute approximate surface area is 165 Å². The van der Waals surface area contributed by atoms with Crippen LogP contribution in [0.5, 0.6) is 0 Å². The quantitative estimate of drug-likeness (QED) is 0.771. The van der Waals surface area contributed by atoms with E-state index in [0.29, 0.717) is 30.4 Å². The maximum atomic E-state index is 12.9. The maximum Gasteiger partial charge on any atom is 0.272 e. The number of anilines is 1. The molecule has 2 heterocycles. The number of carbonyl (C=O) groups excluding carboxylic acids is 1. The lowest BCUT2D eigenvalue weighted by atomic mass is 10.0. The Morgan fingerprint density at radius 2 is 1.93 bits per heavy atom. The highest BCUT2D eigenvalue weighted by atomic mass is 32.2. The second-order valence-electron chi connectivity index (χ2n) is 6.94. The predicted octanol–water partition coefficient (Wildman–Crippen LogP) is 3.42. The van der Waals surface area contributed by atoms with E-state index < -0.39 is 10.0 Å². The molecular formula is C19H25N3O3S2. The molecule has 1 amide bonds. The number of nitrogens with zero attached hydrogens (tertiary/aromatic N) is 2. The predicted molar refractivity (Wildman–Crippen MR) is 109 cm³/mol. The second kappa shape index (κ2) is 8.08. The maximum absolute atomic E-state index is 12.9. The first kappa shape index (κ1) is 20.0. The van der Waals surface area contributed by atoms with Crippen LogP contribution in [0.3, 0.4) is 0 Å². The summed E-state index contributed by atoms with van der Waals surface area (Å²) in [6.07, 6.45) is 5.22. The highest BCUT2D eigenvalue weighted by Crippen LogP contribution is 2.25. The summed E-state index contributed by atoms with van der Waals surface area (Å²) in [7, 11) is -1.89. The van der Waals surface area contributed by atoms with Gasteiger partial charge in [-0.1, -0.05) is 13.0 Å². The van der Waals surface area contributed by atoms with Gasteiger partial charge in [-0.3, -0.25) is 4.79 Å². The van der Waals surface area contributed by atoms with Crippen LogP contribution in [0.1, 0.15) is 30.3 Å². The van der Waals surface area contributed by atoms with E-state index in [-0.39, 0.29) is 10.8 Å². The van der Waals surface area contributed by atoms with E-state index >= 15 is 0 Å². The Morgan fingerprint density at radius 3 is 2.59 bits per heavy atom. The molecular weight excluding hydrogens is 382 g/mol. The number of piperidine rings is 1. The average molecular weight is 408 g/mol. The largest absolute Gasteiger partial charge is 0.345 e. The number of thioether (sulfide) groups is 1. The fourth-order valence-corrected chi connectivity index (χ4v) is 5.17. The molecule has 6 nitrogen and oxygen atoms in total. The third-order valence-electron chi connectivity index (χ3n) is 4.92. The lowest BCUT2D eigenvalue weighted by Gasteiger charge is -2.29. The highest BCUT2D eigenvalue weighted by molar-refractivity contribution is 7.98. The Bertz CT molecular complexity index is 929. The third-order valence-corrected chi connectivity index (χ3v) is 7.51. The Kier molecular flexibility index (Phi) is 5.98. The van der Waals surface area contributed by atoms with Crippen molar-refractivity contribution in [1.82, 2.24) is 8.87 Å². The number of sulfonamides is 1. The van der Waals surface area contributed by atoms with Crippen LogP contribution in [0, 0.1) is 5.92 Å². The van der Waals surface area contributed by atoms with E-state index in [1.165, 1.54) is 16.6 Å². The van der Waals surface area contributed by atoms with Crippen molar-refractivity contribution in [1.29, 1.82) is 0 Å². The van der Waals surface area contributed by atoms with Gasteiger partial charge in [-0.05, 0) is 49.3 Å². The number of rotatable bonds is 5. The smallest absolute Gasteiger partial charge is 0.272 e. The Balaban J connectivity index is 1.80. The summed E-state index contributed by atoms with van der Waals surface area (Å²) >= 11 is 1.59. The molecule has 146 valence electrons. The summed E-state index contributed by atoms with van der Waals surface area (Å²) in [5, 5.41) is 2.84. The first-order valence-electron chi connectivity index (χ1n) is 8.93. The minimum Gasteiger partial charge on any atom is -0.345 e. The van der Waals surface area contributed by atoms with Crippen LogP contribution < -0.4 is 5.32 Å². The molecule has 1 aliphatic heterocycles. The molecule has 0 saturated carbocycles. The van der Waals surface area contributed by atoms with Gasteiger partial charge in [0.05, 0.1) is 0 Å². The summed E-state index contributed by atoms with van der Waals surface area (Å²) in [6.45, 7) is 3.20. The van der Waals surface area contributed by atoms with E-state index in [1.54, 1.807) is 23.4 Å². The highest BCUT2D eigenvalue weighted by Gasteiger charge is 2.30. The SMILES string of the molecule is CSc1cccc(NC(=O)c2cc(S(=O)(=O)N3CCC(C)CC3)cn2C)c1. The van der Waals surface area contributed by atoms with Gasteiger partial charge in [0.15, 0.2) is 0 Å². The van der Waals surface area contributed by atoms with Gasteiger partial charge in [0.25, 0.3) is 5.91 Å². The van der Waals surface area contributed by atoms with Crippen LogP contribution in [-0.4, -0.2) is 42.5 Å². The zero-order valence-electron chi connectivity index (χ0n) is 15.8. The van der Waals surface area contributed by atoms with Crippen molar-refractivity contribution in [2.24, 2.45) is 13.0 Å². The molecule has 0 unspecified atom stereocenters. The van der Waals surface area contributed by atoms with Crippen LogP contribution in [0.4, 0.5) is 5.69 Å². The molecule has 1 fully saturated rings. The van der Waals surface area contributed by atoms with Crippen molar-refractivity contribution < 1.29 is 13.2 Å². The monoisotopic (exact) mass is 407 g/mol. The fraction of sp³-hybridized carbons (Fsp3) is 0.421. The molecule has 3 rings (SSSR count). The summed E-state index contributed by atoms with van der Waals surface area (Å²) in [5.74, 6) is 0.218. The number of hydrogen-bond acceptors (Lipinski definition) is 4. The minimum absolute atomic E-state index is 0.169. The number of aromatic nitrogens is 1. The molecule has 0 bridgehead atoms. The first-order chi connectivity index (χ1) is 12.8. The summed E-state index contributed by atoms with van der Waals surface area (Å²) in [5.41, 5.74) is 0.996. The molecule has 0 radical (unpaired) electrons. The zero-order valence-corrected chi connectivity index (χ0v) is 17.4. The van der Waals surface area contributed by atoms with E-state index in [4.69, 9.17) is 0 Å². The van der Waals surface area contributed by atoms with Crippen LogP contribution in [0.25, 0.3) is 0 Å². The lowest BCUT2D eigenvalue weighted by Crippen LogP contribution is -2.37. The molecule has 0 spiro atoms. The van der Waals surface area contributed by atoms with Crippen LogP contribution in [0.2, 0.25) is 0 Å². The first-order valence-corrected chi connectivity index (χ1v) is 11.6. The number of nitrogens with one attached hydrogen (secondary N) is 1. The van der Waals surface area contributed by atoms with Gasteiger partial charge in [0.2, 0.25) is 10.0 Å². The van der Waals surface area contributed by atoms with Crippen LogP contribution in [-0.2, 0) is 17.1 Å². The van der Waals surface area contributed by atoms with Crippen molar-refractivity contribution in [3.05, 3.63) is 42.2 Å². The summed E-state index contributed by atoms with van der Waals surface area (Å²) in [4.78, 5) is 13.9. The molecule has 1 saturated heterocycles. The number of hydrogen-bond donors (Lipinski definition) is 1. The van der Waals surface area contributed by atoms with E-state index in [2.05, 4.69) is 12.2 Å². The molecule has 1 N–H and O–H groups in total. The number of carbonyl (C=O) groups is 1. The van der Waals surface area contributed by atoms with Crippen molar-refractivity contribution >= 4 is 33.4 Å². The van der Waals surface area contributed by atoms with E-state index in [0.717, 1.165) is 17.7 Å². The van der Waals surface area contributed by atoms with Gasteiger partial charge >= 0.3 is 0 Å². The Hall–Kier alpha value is -1.77. The number of aryl methyl sites for hydroxylation is 1. The summed E-state index contributed by atoms with van der Waals surface area (Å²) < 4.78 is 28.9. The molecule has 1 aromatic heterocycles. The van der Waals surface area contributed by atoms with Gasteiger partial charge in [0, 0.05) is 36.9 Å². The van der Waals surface area contributed by atoms with E-state index in [1.807, 2.05) is 30.5 Å². The molecule has 1 aliphatic rings. The van der Waals surface area contributed by atoms with Crippen molar-refractivity contribution in [2.75, 3.05) is 24.7 Å². The molecule has 0 atom stereocenters. The van der Waals surface area contributed by atoms with E-state index in [9.17, 15) is 13.2 Å². The fourth-order valence-electron chi connectivity index (χ4n) is 3.17. The Morgan fingerprint density at radius 1 is 1.22 bits per heavy atom. The normalized spacial score (nSPS) is 16.4. The molecule has 27 heavy (non-hydrogen) atoms. The minimum atomic E-state index is -3.58. The average Bonchev–Trinajstić information content (AvgIpc) is 3.05. The molecule has 2 aromatic rings. The number of benzene rings is 1. The molecule has 0 aliphatic carbocycles. The van der Waals surface area contributed by atoms with Gasteiger partial charge in [-0.15, -0.1) is 11.8 Å². The van der Waals surface area contributed by atoms with Gasteiger partial charge < -0.3 is 9.88 Å². The van der Waals surface area contributed by atoms with Crippen molar-refractivity contribution in [3.63, 3.8) is 0 Å². The lowest BCUT2D eigenvalue weighted by molar-refractivity contribution is 0.101. The number of amides is 1. The topological polar surface area (TPSA) is 71.4 Å². The van der Waals surface area contributed by atoms with Gasteiger partial charge in [0.1, 0.15) is 10.6 Å². The van der Waals surface area contributed by atoms with Crippen LogP contribution >= 0.6 is 11.8 Å². The molecule has 8 heteroatoms. The third kappa shape index (κ3) is 4.39. The molecule has 1 aromatic carbocycles.